The SMILES string of the molecule is COC(=O)c1c(-c2ccc(Br)cc2)csc1NC(=O)c1ccccn1. The van der Waals surface area contributed by atoms with Crippen LogP contribution in [0.1, 0.15) is 20.8 Å². The molecule has 2 aromatic heterocycles. The predicted octanol–water partition coefficient (Wildman–Crippen LogP) is 4.61. The lowest BCUT2D eigenvalue weighted by atomic mass is 10.0. The van der Waals surface area contributed by atoms with Crippen molar-refractivity contribution in [1.82, 2.24) is 4.98 Å². The van der Waals surface area contributed by atoms with Crippen molar-refractivity contribution in [2.75, 3.05) is 12.4 Å². The molecular weight excluding hydrogens is 404 g/mol. The number of anilines is 1. The van der Waals surface area contributed by atoms with Crippen LogP contribution in [0.5, 0.6) is 0 Å². The average Bonchev–Trinajstić information content (AvgIpc) is 3.06. The Morgan fingerprint density at radius 2 is 1.92 bits per heavy atom. The Morgan fingerprint density at radius 3 is 2.56 bits per heavy atom. The zero-order chi connectivity index (χ0) is 17.8. The third-order valence-corrected chi connectivity index (χ3v) is 4.88. The molecule has 1 N–H and O–H groups in total. The van der Waals surface area contributed by atoms with Crippen LogP contribution in [0.2, 0.25) is 0 Å². The molecule has 0 saturated heterocycles. The first-order chi connectivity index (χ1) is 12.1. The van der Waals surface area contributed by atoms with Crippen LogP contribution in [0.25, 0.3) is 11.1 Å². The van der Waals surface area contributed by atoms with Crippen LogP contribution >= 0.6 is 27.3 Å². The number of pyridine rings is 1. The summed E-state index contributed by atoms with van der Waals surface area (Å²) in [5.41, 5.74) is 2.18. The second-order valence-electron chi connectivity index (χ2n) is 5.02. The second-order valence-corrected chi connectivity index (χ2v) is 6.82. The van der Waals surface area contributed by atoms with E-state index >= 15 is 0 Å². The fourth-order valence-electron chi connectivity index (χ4n) is 2.26. The van der Waals surface area contributed by atoms with Gasteiger partial charge in [0.25, 0.3) is 5.91 Å². The maximum atomic E-state index is 12.3. The highest BCUT2D eigenvalue weighted by atomic mass is 79.9. The summed E-state index contributed by atoms with van der Waals surface area (Å²) >= 11 is 4.66. The molecule has 126 valence electrons. The number of halogens is 1. The summed E-state index contributed by atoms with van der Waals surface area (Å²) in [4.78, 5) is 28.6. The number of benzene rings is 1. The molecule has 7 heteroatoms. The minimum absolute atomic E-state index is 0.275. The number of methoxy groups -OCH3 is 1. The average molecular weight is 417 g/mol. The fraction of sp³-hybridized carbons (Fsp3) is 0.0556. The summed E-state index contributed by atoms with van der Waals surface area (Å²) in [5.74, 6) is -0.884. The van der Waals surface area contributed by atoms with E-state index in [9.17, 15) is 9.59 Å². The van der Waals surface area contributed by atoms with Crippen LogP contribution in [0, 0.1) is 0 Å². The molecule has 0 bridgehead atoms. The fourth-order valence-corrected chi connectivity index (χ4v) is 3.48. The summed E-state index contributed by atoms with van der Waals surface area (Å²) in [5, 5.41) is 5.00. The van der Waals surface area contributed by atoms with Crippen LogP contribution in [0.4, 0.5) is 5.00 Å². The number of ether oxygens (including phenoxy) is 1. The number of nitrogens with one attached hydrogen (secondary N) is 1. The van der Waals surface area contributed by atoms with E-state index in [-0.39, 0.29) is 11.6 Å². The number of aromatic nitrogens is 1. The molecular formula is C18H13BrN2O3S. The molecule has 5 nitrogen and oxygen atoms in total. The number of rotatable bonds is 4. The molecule has 0 aliphatic rings. The second kappa shape index (κ2) is 7.58. The van der Waals surface area contributed by atoms with Gasteiger partial charge in [-0.3, -0.25) is 9.78 Å². The lowest BCUT2D eigenvalue weighted by molar-refractivity contribution is 0.0603. The number of esters is 1. The number of amides is 1. The smallest absolute Gasteiger partial charge is 0.341 e. The maximum absolute atomic E-state index is 12.3. The quantitative estimate of drug-likeness (QED) is 0.630. The first-order valence-electron chi connectivity index (χ1n) is 7.28. The summed E-state index contributed by atoms with van der Waals surface area (Å²) in [6.45, 7) is 0. The molecule has 0 aliphatic heterocycles. The Kier molecular flexibility index (Phi) is 5.25. The highest BCUT2D eigenvalue weighted by Gasteiger charge is 2.22. The molecule has 3 rings (SSSR count). The van der Waals surface area contributed by atoms with Crippen LogP contribution in [-0.4, -0.2) is 24.0 Å². The van der Waals surface area contributed by atoms with Gasteiger partial charge < -0.3 is 10.1 Å². The standard InChI is InChI=1S/C18H13BrN2O3S/c1-24-18(23)15-13(11-5-7-12(19)8-6-11)10-25-17(15)21-16(22)14-4-2-3-9-20-14/h2-10H,1H3,(H,21,22). The van der Waals surface area contributed by atoms with Crippen molar-refractivity contribution in [3.05, 3.63) is 69.8 Å². The summed E-state index contributed by atoms with van der Waals surface area (Å²) < 4.78 is 5.84. The van der Waals surface area contributed by atoms with Gasteiger partial charge in [-0.2, -0.15) is 0 Å². The molecule has 25 heavy (non-hydrogen) atoms. The molecule has 2 heterocycles. The van der Waals surface area contributed by atoms with Gasteiger partial charge in [-0.15, -0.1) is 11.3 Å². The van der Waals surface area contributed by atoms with Gasteiger partial charge in [-0.1, -0.05) is 34.1 Å². The van der Waals surface area contributed by atoms with Crippen LogP contribution in [0.15, 0.2) is 58.5 Å². The summed E-state index contributed by atoms with van der Waals surface area (Å²) in [6, 6.07) is 12.6. The predicted molar refractivity (Wildman–Crippen MR) is 101 cm³/mol. The molecule has 0 fully saturated rings. The topological polar surface area (TPSA) is 68.3 Å². The lowest BCUT2D eigenvalue weighted by Crippen LogP contribution is -2.15. The Balaban J connectivity index is 1.98. The van der Waals surface area contributed by atoms with Gasteiger partial charge in [0.1, 0.15) is 16.3 Å². The molecule has 1 amide bonds. The molecule has 0 unspecified atom stereocenters. The van der Waals surface area contributed by atoms with Crippen molar-refractivity contribution < 1.29 is 14.3 Å². The first-order valence-corrected chi connectivity index (χ1v) is 8.95. The first kappa shape index (κ1) is 17.3. The van der Waals surface area contributed by atoms with E-state index in [0.717, 1.165) is 10.0 Å². The van der Waals surface area contributed by atoms with Gasteiger partial charge in [-0.05, 0) is 29.8 Å². The molecule has 3 aromatic rings. The monoisotopic (exact) mass is 416 g/mol. The maximum Gasteiger partial charge on any atom is 0.341 e. The van der Waals surface area contributed by atoms with E-state index in [1.54, 1.807) is 18.2 Å². The van der Waals surface area contributed by atoms with E-state index in [4.69, 9.17) is 4.74 Å². The zero-order valence-electron chi connectivity index (χ0n) is 13.2. The van der Waals surface area contributed by atoms with Gasteiger partial charge >= 0.3 is 5.97 Å². The number of carbonyl (C=O) groups is 2. The van der Waals surface area contributed by atoms with Crippen LogP contribution in [0.3, 0.4) is 0 Å². The summed E-state index contributed by atoms with van der Waals surface area (Å²) in [7, 11) is 1.32. The van der Waals surface area contributed by atoms with E-state index < -0.39 is 5.97 Å². The van der Waals surface area contributed by atoms with Crippen LogP contribution < -0.4 is 5.32 Å². The van der Waals surface area contributed by atoms with Crippen molar-refractivity contribution in [2.45, 2.75) is 0 Å². The van der Waals surface area contributed by atoms with Crippen molar-refractivity contribution in [3.8, 4) is 11.1 Å². The minimum atomic E-state index is -0.504. The van der Waals surface area contributed by atoms with Crippen molar-refractivity contribution in [2.24, 2.45) is 0 Å². The highest BCUT2D eigenvalue weighted by Crippen LogP contribution is 2.36. The minimum Gasteiger partial charge on any atom is -0.465 e. The van der Waals surface area contributed by atoms with E-state index in [1.807, 2.05) is 29.6 Å². The van der Waals surface area contributed by atoms with Crippen molar-refractivity contribution in [3.63, 3.8) is 0 Å². The Morgan fingerprint density at radius 1 is 1.16 bits per heavy atom. The Labute approximate surface area is 156 Å². The molecule has 0 saturated carbocycles. The number of hydrogen-bond acceptors (Lipinski definition) is 5. The highest BCUT2D eigenvalue weighted by molar-refractivity contribution is 9.10. The van der Waals surface area contributed by atoms with Gasteiger partial charge in [0.2, 0.25) is 0 Å². The molecule has 0 radical (unpaired) electrons. The largest absolute Gasteiger partial charge is 0.465 e. The molecule has 0 aliphatic carbocycles. The zero-order valence-corrected chi connectivity index (χ0v) is 15.6. The normalized spacial score (nSPS) is 10.3. The van der Waals surface area contributed by atoms with Gasteiger partial charge in [-0.25, -0.2) is 4.79 Å². The van der Waals surface area contributed by atoms with Crippen molar-refractivity contribution >= 4 is 44.1 Å². The molecule has 0 spiro atoms. The number of thiophene rings is 1. The van der Waals surface area contributed by atoms with E-state index in [1.165, 1.54) is 24.6 Å². The third kappa shape index (κ3) is 3.78. The van der Waals surface area contributed by atoms with Gasteiger partial charge in [0.15, 0.2) is 0 Å². The Bertz CT molecular complexity index is 908. The summed E-state index contributed by atoms with van der Waals surface area (Å²) in [6.07, 6.45) is 1.54. The van der Waals surface area contributed by atoms with E-state index in [2.05, 4.69) is 26.2 Å². The number of carbonyl (C=O) groups excluding carboxylic acids is 2. The van der Waals surface area contributed by atoms with E-state index in [0.29, 0.717) is 16.1 Å². The van der Waals surface area contributed by atoms with Crippen LogP contribution in [-0.2, 0) is 4.74 Å². The van der Waals surface area contributed by atoms with Crippen molar-refractivity contribution in [1.29, 1.82) is 0 Å². The lowest BCUT2D eigenvalue weighted by Gasteiger charge is -2.07. The number of hydrogen-bond donors (Lipinski definition) is 1. The Hall–Kier alpha value is -2.51. The number of nitrogens with zero attached hydrogens (tertiary/aromatic N) is 1. The van der Waals surface area contributed by atoms with Gasteiger partial charge in [0, 0.05) is 21.6 Å². The molecule has 1 aromatic carbocycles. The van der Waals surface area contributed by atoms with Gasteiger partial charge in [0.05, 0.1) is 7.11 Å². The third-order valence-electron chi connectivity index (χ3n) is 3.46. The molecule has 0 atom stereocenters.